The van der Waals surface area contributed by atoms with Crippen LogP contribution in [-0.2, 0) is 19.1 Å². The molecule has 2 aliphatic carbocycles. The molecular weight excluding hydrogens is 400 g/mol. The lowest BCUT2D eigenvalue weighted by molar-refractivity contribution is -0.154. The number of rotatable bonds is 4. The number of phenolic OH excluding ortho intramolecular Hbond substituents is 1. The summed E-state index contributed by atoms with van der Waals surface area (Å²) in [7, 11) is 0. The number of aliphatic hydroxyl groups is 1. The molecule has 3 rings (SSSR count). The van der Waals surface area contributed by atoms with Gasteiger partial charge in [0.25, 0.3) is 0 Å². The van der Waals surface area contributed by atoms with Crippen LogP contribution in [0.15, 0.2) is 35.9 Å². The Morgan fingerprint density at radius 1 is 1.16 bits per heavy atom. The van der Waals surface area contributed by atoms with E-state index in [0.717, 1.165) is 0 Å². The third kappa shape index (κ3) is 4.11. The van der Waals surface area contributed by atoms with E-state index in [-0.39, 0.29) is 35.9 Å². The topological polar surface area (TPSA) is 110 Å². The molecule has 2 N–H and O–H groups in total. The van der Waals surface area contributed by atoms with Gasteiger partial charge in [-0.1, -0.05) is 20.8 Å². The molecule has 0 bridgehead atoms. The van der Waals surface area contributed by atoms with Gasteiger partial charge in [0.15, 0.2) is 5.78 Å². The van der Waals surface area contributed by atoms with Crippen molar-refractivity contribution in [2.45, 2.75) is 65.3 Å². The number of ether oxygens (including phenoxy) is 2. The molecule has 0 saturated heterocycles. The minimum atomic E-state index is -1.32. The molecule has 0 amide bonds. The van der Waals surface area contributed by atoms with Gasteiger partial charge in [-0.3, -0.25) is 9.59 Å². The van der Waals surface area contributed by atoms with Crippen molar-refractivity contribution in [1.29, 1.82) is 0 Å². The number of ketones is 1. The average Bonchev–Trinajstić information content (AvgIpc) is 2.82. The lowest BCUT2D eigenvalue weighted by atomic mass is 9.67. The van der Waals surface area contributed by atoms with Crippen LogP contribution in [0.25, 0.3) is 0 Å². The fourth-order valence-corrected chi connectivity index (χ4v) is 5.10. The molecule has 0 aliphatic heterocycles. The Morgan fingerprint density at radius 3 is 2.32 bits per heavy atom. The number of carbonyl (C=O) groups is 3. The third-order valence-electron chi connectivity index (χ3n) is 6.88. The van der Waals surface area contributed by atoms with Crippen molar-refractivity contribution >= 4 is 17.7 Å². The number of allylic oxidation sites excluding steroid dienone is 1. The number of benzene rings is 1. The molecule has 0 heterocycles. The molecule has 2 aliphatic rings. The summed E-state index contributed by atoms with van der Waals surface area (Å²) < 4.78 is 11.4. The Kier molecular flexibility index (Phi) is 6.02. The summed E-state index contributed by atoms with van der Waals surface area (Å²) in [6.45, 7) is 8.49. The quantitative estimate of drug-likeness (QED) is 0.706. The standard InChI is InChI=1S/C24H30O7/c1-13(2)24(29)12-20(30-15(4)25)23(5)11-18(27)14(3)10-19(21(23)24)31-22(28)16-6-8-17(26)9-7-16/h6-10,13,19-21,26,29H,11-12H2,1-5H3/t19-,20-,21-,23+,24+/m1/s1. The minimum Gasteiger partial charge on any atom is -0.508 e. The molecule has 7 heteroatoms. The Balaban J connectivity index is 2.07. The van der Waals surface area contributed by atoms with Crippen LogP contribution in [0.5, 0.6) is 5.75 Å². The Hall–Kier alpha value is -2.67. The average molecular weight is 430 g/mol. The summed E-state index contributed by atoms with van der Waals surface area (Å²) in [4.78, 5) is 37.5. The molecule has 0 aromatic heterocycles. The smallest absolute Gasteiger partial charge is 0.338 e. The van der Waals surface area contributed by atoms with Crippen molar-refractivity contribution in [2.24, 2.45) is 17.3 Å². The highest BCUT2D eigenvalue weighted by Gasteiger charge is 2.66. The maximum atomic E-state index is 12.9. The van der Waals surface area contributed by atoms with Gasteiger partial charge in [-0.05, 0) is 48.8 Å². The van der Waals surface area contributed by atoms with Gasteiger partial charge in [0.05, 0.1) is 11.2 Å². The summed E-state index contributed by atoms with van der Waals surface area (Å²) in [6.07, 6.45) is 0.227. The molecule has 168 valence electrons. The first-order valence-corrected chi connectivity index (χ1v) is 10.5. The van der Waals surface area contributed by atoms with Gasteiger partial charge in [0.2, 0.25) is 0 Å². The predicted octanol–water partition coefficient (Wildman–Crippen LogP) is 3.18. The van der Waals surface area contributed by atoms with E-state index in [1.165, 1.54) is 31.2 Å². The second-order valence-electron chi connectivity index (χ2n) is 9.30. The van der Waals surface area contributed by atoms with Gasteiger partial charge >= 0.3 is 11.9 Å². The van der Waals surface area contributed by atoms with E-state index in [4.69, 9.17) is 9.47 Å². The van der Waals surface area contributed by atoms with Crippen molar-refractivity contribution < 1.29 is 34.1 Å². The zero-order valence-electron chi connectivity index (χ0n) is 18.5. The van der Waals surface area contributed by atoms with E-state index >= 15 is 0 Å². The van der Waals surface area contributed by atoms with Crippen molar-refractivity contribution in [2.75, 3.05) is 0 Å². The van der Waals surface area contributed by atoms with Gasteiger partial charge in [0.1, 0.15) is 18.0 Å². The maximum absolute atomic E-state index is 12.9. The highest BCUT2D eigenvalue weighted by molar-refractivity contribution is 5.96. The van der Waals surface area contributed by atoms with Gasteiger partial charge in [-0.25, -0.2) is 4.79 Å². The number of hydrogen-bond donors (Lipinski definition) is 2. The Bertz CT molecular complexity index is 916. The van der Waals surface area contributed by atoms with Gasteiger partial charge in [-0.15, -0.1) is 0 Å². The summed E-state index contributed by atoms with van der Waals surface area (Å²) in [6, 6.07) is 5.66. The highest BCUT2D eigenvalue weighted by Crippen LogP contribution is 2.58. The SMILES string of the molecule is CC(=O)O[C@@H]1C[C@](O)(C(C)C)[C@@H]2[C@H](OC(=O)c3ccc(O)cc3)C=C(C)C(=O)C[C@]21C. The lowest BCUT2D eigenvalue weighted by Gasteiger charge is -2.42. The molecule has 31 heavy (non-hydrogen) atoms. The fraction of sp³-hybridized carbons (Fsp3) is 0.542. The van der Waals surface area contributed by atoms with Crippen LogP contribution in [0.1, 0.15) is 57.8 Å². The van der Waals surface area contributed by atoms with Crippen LogP contribution in [0.4, 0.5) is 0 Å². The minimum absolute atomic E-state index is 0.0223. The molecule has 7 nitrogen and oxygen atoms in total. The predicted molar refractivity (Wildman–Crippen MR) is 112 cm³/mol. The zero-order valence-corrected chi connectivity index (χ0v) is 18.5. The number of esters is 2. The molecule has 0 radical (unpaired) electrons. The molecule has 0 unspecified atom stereocenters. The second-order valence-corrected chi connectivity index (χ2v) is 9.30. The number of aromatic hydroxyl groups is 1. The monoisotopic (exact) mass is 430 g/mol. The molecule has 1 aromatic rings. The third-order valence-corrected chi connectivity index (χ3v) is 6.88. The lowest BCUT2D eigenvalue weighted by Crippen LogP contribution is -2.50. The van der Waals surface area contributed by atoms with E-state index in [0.29, 0.717) is 5.57 Å². The van der Waals surface area contributed by atoms with Crippen LogP contribution in [0.3, 0.4) is 0 Å². The largest absolute Gasteiger partial charge is 0.508 e. The number of phenols is 1. The number of Topliss-reactive ketones (excluding diaryl/α,β-unsaturated/α-hetero) is 1. The molecule has 1 saturated carbocycles. The van der Waals surface area contributed by atoms with E-state index in [9.17, 15) is 24.6 Å². The summed E-state index contributed by atoms with van der Waals surface area (Å²) in [5.74, 6) is -2.14. The normalized spacial score (nSPS) is 32.8. The fourth-order valence-electron chi connectivity index (χ4n) is 5.10. The number of hydrogen-bond acceptors (Lipinski definition) is 7. The summed E-state index contributed by atoms with van der Waals surface area (Å²) >= 11 is 0. The van der Waals surface area contributed by atoms with Gasteiger partial charge < -0.3 is 19.7 Å². The van der Waals surface area contributed by atoms with Crippen molar-refractivity contribution in [3.63, 3.8) is 0 Å². The molecule has 5 atom stereocenters. The first kappa shape index (κ1) is 23.0. The van der Waals surface area contributed by atoms with Crippen LogP contribution >= 0.6 is 0 Å². The number of carbonyl (C=O) groups excluding carboxylic acids is 3. The Labute approximate surface area is 182 Å². The first-order valence-electron chi connectivity index (χ1n) is 10.5. The highest BCUT2D eigenvalue weighted by atomic mass is 16.6. The van der Waals surface area contributed by atoms with E-state index in [2.05, 4.69) is 0 Å². The van der Waals surface area contributed by atoms with Crippen LogP contribution in [0.2, 0.25) is 0 Å². The zero-order chi connectivity index (χ0) is 23.1. The number of fused-ring (bicyclic) bond motifs is 1. The first-order chi connectivity index (χ1) is 14.4. The summed E-state index contributed by atoms with van der Waals surface area (Å²) in [5, 5.41) is 21.2. The molecule has 1 aromatic carbocycles. The van der Waals surface area contributed by atoms with Crippen molar-refractivity contribution in [3.8, 4) is 5.75 Å². The Morgan fingerprint density at radius 2 is 1.77 bits per heavy atom. The van der Waals surface area contributed by atoms with Gasteiger partial charge in [-0.2, -0.15) is 0 Å². The van der Waals surface area contributed by atoms with Crippen molar-refractivity contribution in [1.82, 2.24) is 0 Å². The summed E-state index contributed by atoms with van der Waals surface area (Å²) in [5.41, 5.74) is -1.57. The van der Waals surface area contributed by atoms with Gasteiger partial charge in [0, 0.05) is 31.1 Å². The van der Waals surface area contributed by atoms with Crippen LogP contribution in [0, 0.1) is 17.3 Å². The van der Waals surface area contributed by atoms with E-state index in [1.807, 2.05) is 20.8 Å². The molecular formula is C24H30O7. The van der Waals surface area contributed by atoms with Crippen molar-refractivity contribution in [3.05, 3.63) is 41.5 Å². The second kappa shape index (κ2) is 8.11. The molecule has 0 spiro atoms. The van der Waals surface area contributed by atoms with Crippen LogP contribution < -0.4 is 0 Å². The van der Waals surface area contributed by atoms with E-state index in [1.54, 1.807) is 13.0 Å². The maximum Gasteiger partial charge on any atom is 0.338 e. The van der Waals surface area contributed by atoms with E-state index < -0.39 is 41.1 Å². The molecule has 1 fully saturated rings. The van der Waals surface area contributed by atoms with Crippen LogP contribution in [-0.4, -0.2) is 45.7 Å².